The van der Waals surface area contributed by atoms with Crippen LogP contribution in [0.15, 0.2) is 0 Å². The summed E-state index contributed by atoms with van der Waals surface area (Å²) in [5, 5.41) is -0.115. The fraction of sp³-hybridized carbons (Fsp3) is 0.944. The van der Waals surface area contributed by atoms with Crippen molar-refractivity contribution in [3.63, 3.8) is 0 Å². The summed E-state index contributed by atoms with van der Waals surface area (Å²) in [4.78, 5) is 11.5. The molecule has 0 aromatic rings. The zero-order valence-corrected chi connectivity index (χ0v) is 14.8. The molecule has 0 saturated heterocycles. The highest BCUT2D eigenvalue weighted by Crippen LogP contribution is 2.24. The predicted molar refractivity (Wildman–Crippen MR) is 90.2 cm³/mol. The van der Waals surface area contributed by atoms with Crippen LogP contribution in [0.3, 0.4) is 0 Å². The number of halogens is 1. The normalized spacial score (nSPS) is 15.8. The summed E-state index contributed by atoms with van der Waals surface area (Å²) in [6.45, 7) is 9.08. The average molecular weight is 303 g/mol. The summed E-state index contributed by atoms with van der Waals surface area (Å²) in [6, 6.07) is 0. The molecular formula is C18H35ClO. The Hall–Kier alpha value is -0.0400. The maximum atomic E-state index is 11.5. The van der Waals surface area contributed by atoms with Crippen LogP contribution in [0.25, 0.3) is 0 Å². The Labute approximate surface area is 131 Å². The second kappa shape index (κ2) is 12.7. The Morgan fingerprint density at radius 2 is 1.30 bits per heavy atom. The fourth-order valence-electron chi connectivity index (χ4n) is 3.01. The van der Waals surface area contributed by atoms with Crippen molar-refractivity contribution in [2.75, 3.05) is 0 Å². The smallest absolute Gasteiger partial charge is 0.224 e. The van der Waals surface area contributed by atoms with Gasteiger partial charge in [0.05, 0.1) is 0 Å². The van der Waals surface area contributed by atoms with Gasteiger partial charge in [-0.25, -0.2) is 0 Å². The summed E-state index contributed by atoms with van der Waals surface area (Å²) in [5.74, 6) is 1.65. The highest BCUT2D eigenvalue weighted by Gasteiger charge is 2.17. The number of hydrogen-bond donors (Lipinski definition) is 0. The highest BCUT2D eigenvalue weighted by molar-refractivity contribution is 6.63. The molecule has 20 heavy (non-hydrogen) atoms. The van der Waals surface area contributed by atoms with Crippen LogP contribution in [0, 0.1) is 17.8 Å². The van der Waals surface area contributed by atoms with Gasteiger partial charge in [-0.1, -0.05) is 72.6 Å². The molecule has 3 atom stereocenters. The molecule has 0 rings (SSSR count). The van der Waals surface area contributed by atoms with E-state index in [4.69, 9.17) is 11.6 Å². The predicted octanol–water partition coefficient (Wildman–Crippen LogP) is 6.58. The first kappa shape index (κ1) is 20.0. The van der Waals surface area contributed by atoms with Crippen LogP contribution in [0.1, 0.15) is 91.9 Å². The average Bonchev–Trinajstić information content (AvgIpc) is 2.38. The van der Waals surface area contributed by atoms with Gasteiger partial charge in [0, 0.05) is 5.92 Å². The van der Waals surface area contributed by atoms with Gasteiger partial charge in [-0.2, -0.15) is 0 Å². The first-order valence-electron chi connectivity index (χ1n) is 8.70. The zero-order valence-electron chi connectivity index (χ0n) is 14.1. The minimum Gasteiger partial charge on any atom is -0.281 e. The third kappa shape index (κ3) is 10.7. The lowest BCUT2D eigenvalue weighted by molar-refractivity contribution is -0.115. The standard InChI is InChI=1S/C18H35ClO/c1-5-9-15(3)11-7-8-12-17(18(19)20)14-13-16(4)10-6-2/h15-17H,5-14H2,1-4H3. The van der Waals surface area contributed by atoms with Crippen molar-refractivity contribution in [1.29, 1.82) is 0 Å². The summed E-state index contributed by atoms with van der Waals surface area (Å²) in [6.07, 6.45) is 11.9. The molecule has 0 amide bonds. The molecule has 0 heterocycles. The van der Waals surface area contributed by atoms with Crippen LogP contribution >= 0.6 is 11.6 Å². The molecule has 0 aliphatic carbocycles. The Bertz CT molecular complexity index is 240. The minimum absolute atomic E-state index is 0.0949. The highest BCUT2D eigenvalue weighted by atomic mass is 35.5. The molecule has 2 heteroatoms. The monoisotopic (exact) mass is 302 g/mol. The third-order valence-corrected chi connectivity index (χ3v) is 4.70. The second-order valence-corrected chi connectivity index (χ2v) is 7.02. The molecule has 0 fully saturated rings. The SMILES string of the molecule is CCCC(C)CCCCC(CCC(C)CCC)C(=O)Cl. The van der Waals surface area contributed by atoms with E-state index >= 15 is 0 Å². The van der Waals surface area contributed by atoms with Crippen molar-refractivity contribution in [3.8, 4) is 0 Å². The Balaban J connectivity index is 3.83. The van der Waals surface area contributed by atoms with Crippen molar-refractivity contribution in [2.24, 2.45) is 17.8 Å². The van der Waals surface area contributed by atoms with Crippen molar-refractivity contribution in [3.05, 3.63) is 0 Å². The van der Waals surface area contributed by atoms with Crippen molar-refractivity contribution in [1.82, 2.24) is 0 Å². The van der Waals surface area contributed by atoms with Crippen LogP contribution in [0.4, 0.5) is 0 Å². The zero-order chi connectivity index (χ0) is 15.4. The van der Waals surface area contributed by atoms with E-state index in [0.717, 1.165) is 37.5 Å². The lowest BCUT2D eigenvalue weighted by Gasteiger charge is -2.16. The van der Waals surface area contributed by atoms with E-state index in [0.29, 0.717) is 0 Å². The van der Waals surface area contributed by atoms with E-state index in [2.05, 4.69) is 27.7 Å². The summed E-state index contributed by atoms with van der Waals surface area (Å²) in [7, 11) is 0. The molecule has 0 aliphatic heterocycles. The minimum atomic E-state index is -0.115. The first-order chi connectivity index (χ1) is 9.51. The fourth-order valence-corrected chi connectivity index (χ4v) is 3.23. The first-order valence-corrected chi connectivity index (χ1v) is 9.08. The van der Waals surface area contributed by atoms with E-state index in [1.54, 1.807) is 0 Å². The Morgan fingerprint density at radius 3 is 1.80 bits per heavy atom. The molecule has 120 valence electrons. The van der Waals surface area contributed by atoms with E-state index in [9.17, 15) is 4.79 Å². The molecule has 1 nitrogen and oxygen atoms in total. The molecule has 0 aromatic carbocycles. The molecular weight excluding hydrogens is 268 g/mol. The summed E-state index contributed by atoms with van der Waals surface area (Å²) >= 11 is 5.76. The number of rotatable bonds is 13. The van der Waals surface area contributed by atoms with Crippen LogP contribution in [-0.4, -0.2) is 5.24 Å². The molecule has 0 spiro atoms. The lowest BCUT2D eigenvalue weighted by atomic mass is 9.90. The van der Waals surface area contributed by atoms with Gasteiger partial charge in [0.15, 0.2) is 0 Å². The number of carbonyl (C=O) groups is 1. The molecule has 0 aliphatic rings. The van der Waals surface area contributed by atoms with Gasteiger partial charge in [0.1, 0.15) is 0 Å². The maximum Gasteiger partial charge on any atom is 0.224 e. The molecule has 0 saturated carbocycles. The molecule has 0 radical (unpaired) electrons. The number of carbonyl (C=O) groups excluding carboxylic acids is 1. The van der Waals surface area contributed by atoms with Gasteiger partial charge < -0.3 is 0 Å². The lowest BCUT2D eigenvalue weighted by Crippen LogP contribution is -2.11. The number of unbranched alkanes of at least 4 members (excludes halogenated alkanes) is 1. The van der Waals surface area contributed by atoms with Crippen molar-refractivity contribution < 1.29 is 4.79 Å². The van der Waals surface area contributed by atoms with E-state index in [1.807, 2.05) is 0 Å². The van der Waals surface area contributed by atoms with E-state index in [-0.39, 0.29) is 11.2 Å². The Kier molecular flexibility index (Phi) is 12.7. The van der Waals surface area contributed by atoms with Crippen molar-refractivity contribution in [2.45, 2.75) is 91.9 Å². The van der Waals surface area contributed by atoms with Crippen LogP contribution in [-0.2, 0) is 4.79 Å². The molecule has 0 aromatic heterocycles. The van der Waals surface area contributed by atoms with Gasteiger partial charge in [0.2, 0.25) is 5.24 Å². The number of hydrogen-bond acceptors (Lipinski definition) is 1. The van der Waals surface area contributed by atoms with Gasteiger partial charge in [-0.15, -0.1) is 0 Å². The molecule has 0 bridgehead atoms. The second-order valence-electron chi connectivity index (χ2n) is 6.65. The molecule has 0 N–H and O–H groups in total. The van der Waals surface area contributed by atoms with Crippen molar-refractivity contribution >= 4 is 16.8 Å². The van der Waals surface area contributed by atoms with E-state index in [1.165, 1.54) is 38.5 Å². The summed E-state index contributed by atoms with van der Waals surface area (Å²) < 4.78 is 0. The molecule has 3 unspecified atom stereocenters. The van der Waals surface area contributed by atoms with E-state index < -0.39 is 0 Å². The topological polar surface area (TPSA) is 17.1 Å². The van der Waals surface area contributed by atoms with Crippen LogP contribution in [0.5, 0.6) is 0 Å². The largest absolute Gasteiger partial charge is 0.281 e. The van der Waals surface area contributed by atoms with Crippen LogP contribution in [0.2, 0.25) is 0 Å². The third-order valence-electron chi connectivity index (χ3n) is 4.39. The van der Waals surface area contributed by atoms with Crippen LogP contribution < -0.4 is 0 Å². The van der Waals surface area contributed by atoms with Gasteiger partial charge >= 0.3 is 0 Å². The van der Waals surface area contributed by atoms with Gasteiger partial charge in [-0.05, 0) is 42.7 Å². The maximum absolute atomic E-state index is 11.5. The Morgan fingerprint density at radius 1 is 0.800 bits per heavy atom. The quantitative estimate of drug-likeness (QED) is 0.277. The summed E-state index contributed by atoms with van der Waals surface area (Å²) in [5.41, 5.74) is 0. The van der Waals surface area contributed by atoms with Gasteiger partial charge in [0.25, 0.3) is 0 Å². The van der Waals surface area contributed by atoms with Gasteiger partial charge in [-0.3, -0.25) is 4.79 Å².